The van der Waals surface area contributed by atoms with Crippen LogP contribution in [0.15, 0.2) is 28.2 Å². The van der Waals surface area contributed by atoms with Gasteiger partial charge in [0.1, 0.15) is 11.6 Å². The number of aromatic amines is 2. The van der Waals surface area contributed by atoms with Crippen LogP contribution >= 0.6 is 11.8 Å². The normalized spacial score (nSPS) is 12.6. The molecule has 2 N–H and O–H groups in total. The number of hydrogen-bond acceptors (Lipinski definition) is 3. The third-order valence-corrected chi connectivity index (χ3v) is 3.19. The summed E-state index contributed by atoms with van der Waals surface area (Å²) >= 11 is 1.14. The van der Waals surface area contributed by atoms with E-state index < -0.39 is 17.3 Å². The van der Waals surface area contributed by atoms with Crippen molar-refractivity contribution in [1.82, 2.24) is 15.2 Å². The van der Waals surface area contributed by atoms with E-state index in [1.54, 1.807) is 6.92 Å². The summed E-state index contributed by atoms with van der Waals surface area (Å²) in [5, 5.41) is 5.87. The highest BCUT2D eigenvalue weighted by Crippen LogP contribution is 2.33. The lowest BCUT2D eigenvalue weighted by atomic mass is 10.1. The predicted octanol–water partition coefficient (Wildman–Crippen LogP) is 2.23. The van der Waals surface area contributed by atoms with Crippen LogP contribution in [0.4, 0.5) is 8.78 Å². The lowest BCUT2D eigenvalue weighted by Gasteiger charge is -2.10. The summed E-state index contributed by atoms with van der Waals surface area (Å²) in [6, 6.07) is 3.28. The Kier molecular flexibility index (Phi) is 3.28. The van der Waals surface area contributed by atoms with Crippen LogP contribution in [0.25, 0.3) is 0 Å². The number of rotatable bonds is 3. The smallest absolute Gasteiger partial charge is 0.284 e. The van der Waals surface area contributed by atoms with Gasteiger partial charge < -0.3 is 0 Å². The summed E-state index contributed by atoms with van der Waals surface area (Å²) in [7, 11) is 0. The second-order valence-electron chi connectivity index (χ2n) is 3.41. The van der Waals surface area contributed by atoms with Crippen molar-refractivity contribution >= 4 is 11.8 Å². The Bertz CT molecular complexity index is 581. The largest absolute Gasteiger partial charge is 0.341 e. The number of H-pyrrole nitrogens is 2. The number of halogens is 2. The van der Waals surface area contributed by atoms with Crippen molar-refractivity contribution in [2.24, 2.45) is 0 Å². The summed E-state index contributed by atoms with van der Waals surface area (Å²) in [6.45, 7) is 1.70. The first-order valence-electron chi connectivity index (χ1n) is 4.82. The minimum atomic E-state index is -0.496. The highest BCUT2D eigenvalue weighted by molar-refractivity contribution is 7.99. The lowest BCUT2D eigenvalue weighted by Crippen LogP contribution is -2.00. The fourth-order valence-corrected chi connectivity index (χ4v) is 2.26. The van der Waals surface area contributed by atoms with Gasteiger partial charge in [0.2, 0.25) is 0 Å². The van der Waals surface area contributed by atoms with Crippen molar-refractivity contribution in [3.8, 4) is 0 Å². The molecule has 1 aromatic carbocycles. The Morgan fingerprint density at radius 3 is 2.82 bits per heavy atom. The third-order valence-electron chi connectivity index (χ3n) is 2.16. The summed E-state index contributed by atoms with van der Waals surface area (Å²) in [5.74, 6) is -0.978. The molecule has 2 aromatic rings. The fourth-order valence-electron chi connectivity index (χ4n) is 1.37. The maximum absolute atomic E-state index is 13.4. The molecule has 0 saturated heterocycles. The van der Waals surface area contributed by atoms with Crippen LogP contribution in [0.2, 0.25) is 0 Å². The Balaban J connectivity index is 2.22. The summed E-state index contributed by atoms with van der Waals surface area (Å²) in [5.41, 5.74) is -0.196. The van der Waals surface area contributed by atoms with Crippen LogP contribution in [0.5, 0.6) is 0 Å². The number of hydrogen-bond donors (Lipinski definition) is 2. The molecule has 0 spiro atoms. The molecule has 1 aromatic heterocycles. The first kappa shape index (κ1) is 11.8. The molecular weight excluding hydrogens is 248 g/mol. The fraction of sp³-hybridized carbons (Fsp3) is 0.200. The number of aromatic nitrogens is 3. The molecule has 0 amide bonds. The van der Waals surface area contributed by atoms with E-state index in [0.717, 1.165) is 30.0 Å². The monoisotopic (exact) mass is 257 g/mol. The SMILES string of the molecule is CC(Sc1n[nH]c(=O)[nH]1)c1cc(F)ccc1F. The molecule has 1 unspecified atom stereocenters. The van der Waals surface area contributed by atoms with Crippen molar-refractivity contribution < 1.29 is 8.78 Å². The first-order valence-corrected chi connectivity index (χ1v) is 5.70. The molecule has 4 nitrogen and oxygen atoms in total. The average molecular weight is 257 g/mol. The minimum Gasteiger partial charge on any atom is -0.284 e. The molecule has 0 radical (unpaired) electrons. The van der Waals surface area contributed by atoms with Crippen LogP contribution in [0.1, 0.15) is 17.7 Å². The van der Waals surface area contributed by atoms with Gasteiger partial charge in [0, 0.05) is 10.8 Å². The molecule has 7 heteroatoms. The minimum absolute atomic E-state index is 0.235. The second kappa shape index (κ2) is 4.70. The quantitative estimate of drug-likeness (QED) is 0.829. The molecule has 90 valence electrons. The van der Waals surface area contributed by atoms with Gasteiger partial charge in [0.05, 0.1) is 0 Å². The zero-order valence-electron chi connectivity index (χ0n) is 8.83. The topological polar surface area (TPSA) is 61.5 Å². The van der Waals surface area contributed by atoms with E-state index in [2.05, 4.69) is 15.2 Å². The Labute approximate surface area is 99.5 Å². The molecule has 17 heavy (non-hydrogen) atoms. The van der Waals surface area contributed by atoms with Crippen LogP contribution < -0.4 is 5.69 Å². The number of nitrogens with one attached hydrogen (secondary N) is 2. The van der Waals surface area contributed by atoms with E-state index >= 15 is 0 Å². The molecule has 1 heterocycles. The maximum atomic E-state index is 13.4. The molecule has 0 aliphatic carbocycles. The number of nitrogens with zero attached hydrogens (tertiary/aromatic N) is 1. The second-order valence-corrected chi connectivity index (χ2v) is 4.74. The number of benzene rings is 1. The van der Waals surface area contributed by atoms with E-state index in [9.17, 15) is 13.6 Å². The van der Waals surface area contributed by atoms with Crippen LogP contribution in [0, 0.1) is 11.6 Å². The highest BCUT2D eigenvalue weighted by atomic mass is 32.2. The molecule has 0 aliphatic rings. The van der Waals surface area contributed by atoms with Crippen molar-refractivity contribution in [2.45, 2.75) is 17.3 Å². The predicted molar refractivity (Wildman–Crippen MR) is 59.8 cm³/mol. The zero-order valence-corrected chi connectivity index (χ0v) is 9.65. The van der Waals surface area contributed by atoms with E-state index in [4.69, 9.17) is 0 Å². The van der Waals surface area contributed by atoms with Gasteiger partial charge >= 0.3 is 5.69 Å². The van der Waals surface area contributed by atoms with Gasteiger partial charge in [-0.1, -0.05) is 11.8 Å². The van der Waals surface area contributed by atoms with Gasteiger partial charge in [-0.15, -0.1) is 5.10 Å². The summed E-state index contributed by atoms with van der Waals surface area (Å²) < 4.78 is 26.4. The molecule has 0 aliphatic heterocycles. The Morgan fingerprint density at radius 2 is 2.18 bits per heavy atom. The molecular formula is C10H9F2N3OS. The van der Waals surface area contributed by atoms with E-state index in [1.807, 2.05) is 0 Å². The average Bonchev–Trinajstić information content (AvgIpc) is 2.67. The maximum Gasteiger partial charge on any atom is 0.341 e. The molecule has 2 rings (SSSR count). The van der Waals surface area contributed by atoms with Gasteiger partial charge in [0.15, 0.2) is 5.16 Å². The van der Waals surface area contributed by atoms with Crippen LogP contribution in [-0.4, -0.2) is 15.2 Å². The zero-order chi connectivity index (χ0) is 12.4. The van der Waals surface area contributed by atoms with E-state index in [-0.39, 0.29) is 10.8 Å². The Morgan fingerprint density at radius 1 is 1.41 bits per heavy atom. The van der Waals surface area contributed by atoms with Crippen LogP contribution in [-0.2, 0) is 0 Å². The van der Waals surface area contributed by atoms with E-state index in [0.29, 0.717) is 5.16 Å². The van der Waals surface area contributed by atoms with Gasteiger partial charge in [-0.05, 0) is 25.1 Å². The third kappa shape index (κ3) is 2.73. The molecule has 0 fully saturated rings. The molecule has 1 atom stereocenters. The highest BCUT2D eigenvalue weighted by Gasteiger charge is 2.15. The molecule has 0 saturated carbocycles. The number of thioether (sulfide) groups is 1. The standard InChI is InChI=1S/C10H9F2N3OS/c1-5(17-10-13-9(16)14-15-10)7-4-6(11)2-3-8(7)12/h2-5H,1H3,(H2,13,14,15,16). The Hall–Kier alpha value is -1.63. The van der Waals surface area contributed by atoms with E-state index in [1.165, 1.54) is 0 Å². The van der Waals surface area contributed by atoms with Crippen LogP contribution in [0.3, 0.4) is 0 Å². The van der Waals surface area contributed by atoms with Crippen molar-refractivity contribution in [3.63, 3.8) is 0 Å². The first-order chi connectivity index (χ1) is 8.06. The van der Waals surface area contributed by atoms with Gasteiger partial charge in [0.25, 0.3) is 0 Å². The van der Waals surface area contributed by atoms with Gasteiger partial charge in [-0.2, -0.15) is 0 Å². The molecule has 0 bridgehead atoms. The van der Waals surface area contributed by atoms with Gasteiger partial charge in [-0.3, -0.25) is 4.98 Å². The lowest BCUT2D eigenvalue weighted by molar-refractivity contribution is 0.586. The summed E-state index contributed by atoms with van der Waals surface area (Å²) in [4.78, 5) is 13.2. The van der Waals surface area contributed by atoms with Gasteiger partial charge in [-0.25, -0.2) is 18.7 Å². The summed E-state index contributed by atoms with van der Waals surface area (Å²) in [6.07, 6.45) is 0. The van der Waals surface area contributed by atoms with Crippen molar-refractivity contribution in [3.05, 3.63) is 45.9 Å². The van der Waals surface area contributed by atoms with Crippen molar-refractivity contribution in [2.75, 3.05) is 0 Å². The van der Waals surface area contributed by atoms with Crippen molar-refractivity contribution in [1.29, 1.82) is 0 Å².